The molecule has 8 nitrogen and oxygen atoms in total. The number of carbonyl (C=O) groups is 1. The van der Waals surface area contributed by atoms with Gasteiger partial charge in [-0.15, -0.1) is 0 Å². The third kappa shape index (κ3) is 6.53. The molecule has 1 aromatic heterocycles. The summed E-state index contributed by atoms with van der Waals surface area (Å²) in [4.78, 5) is 17.4. The normalized spacial score (nSPS) is 18.2. The third-order valence-electron chi connectivity index (χ3n) is 5.81. The predicted octanol–water partition coefficient (Wildman–Crippen LogP) is 2.80. The van der Waals surface area contributed by atoms with Crippen molar-refractivity contribution < 1.29 is 37.7 Å². The van der Waals surface area contributed by atoms with E-state index in [1.165, 1.54) is 0 Å². The molecule has 35 heavy (non-hydrogen) atoms. The average Bonchev–Trinajstić information content (AvgIpc) is 3.40. The minimum atomic E-state index is -4.68. The van der Waals surface area contributed by atoms with Crippen molar-refractivity contribution in [3.8, 4) is 5.75 Å². The Morgan fingerprint density at radius 1 is 1.29 bits per heavy atom. The van der Waals surface area contributed by atoms with Crippen molar-refractivity contribution in [2.24, 2.45) is 12.0 Å². The highest BCUT2D eigenvalue weighted by Crippen LogP contribution is 2.33. The van der Waals surface area contributed by atoms with E-state index in [-0.39, 0.29) is 22.8 Å². The van der Waals surface area contributed by atoms with Crippen LogP contribution in [0, 0.1) is 0 Å². The van der Waals surface area contributed by atoms with Crippen LogP contribution in [-0.2, 0) is 29.9 Å². The fourth-order valence-corrected chi connectivity index (χ4v) is 3.97. The Morgan fingerprint density at radius 2 is 2.00 bits per heavy atom. The molecule has 194 valence electrons. The molecule has 0 saturated carbocycles. The highest BCUT2D eigenvalue weighted by molar-refractivity contribution is 5.97. The van der Waals surface area contributed by atoms with Gasteiger partial charge >= 0.3 is 6.18 Å². The van der Waals surface area contributed by atoms with Gasteiger partial charge in [-0.05, 0) is 31.0 Å². The van der Waals surface area contributed by atoms with Gasteiger partial charge < -0.3 is 19.7 Å². The molecule has 11 heteroatoms. The van der Waals surface area contributed by atoms with Gasteiger partial charge in [0, 0.05) is 30.8 Å². The van der Waals surface area contributed by atoms with Gasteiger partial charge in [0.1, 0.15) is 18.5 Å². The predicted molar refractivity (Wildman–Crippen MR) is 121 cm³/mol. The molecular formula is C24H32F3N3O5. The van der Waals surface area contributed by atoms with E-state index in [2.05, 4.69) is 4.99 Å². The minimum Gasteiger partial charge on any atom is -0.490 e. The Balaban J connectivity index is 2.09. The monoisotopic (exact) mass is 499 g/mol. The molecule has 0 bridgehead atoms. The van der Waals surface area contributed by atoms with E-state index in [0.29, 0.717) is 19.2 Å². The van der Waals surface area contributed by atoms with Crippen LogP contribution in [0.15, 0.2) is 29.3 Å². The molecule has 1 aliphatic rings. The fraction of sp³-hybridized carbons (Fsp3) is 0.583. The third-order valence-corrected chi connectivity index (χ3v) is 5.81. The molecule has 1 unspecified atom stereocenters. The lowest BCUT2D eigenvalue weighted by atomic mass is 9.92. The van der Waals surface area contributed by atoms with Gasteiger partial charge in [0.15, 0.2) is 5.49 Å². The van der Waals surface area contributed by atoms with E-state index in [1.54, 1.807) is 10.7 Å². The Labute approximate surface area is 201 Å². The van der Waals surface area contributed by atoms with Crippen molar-refractivity contribution in [1.82, 2.24) is 9.36 Å². The molecule has 1 aliphatic heterocycles. The fourth-order valence-electron chi connectivity index (χ4n) is 3.97. The van der Waals surface area contributed by atoms with E-state index in [9.17, 15) is 23.1 Å². The molecule has 2 N–H and O–H groups in total. The maximum absolute atomic E-state index is 13.4. The Hall–Kier alpha value is -2.63. The summed E-state index contributed by atoms with van der Waals surface area (Å²) in [5.74, 6) is -1.09. The van der Waals surface area contributed by atoms with Crippen LogP contribution in [0.4, 0.5) is 13.2 Å². The molecule has 1 amide bonds. The standard InChI is InChI=1S/C24H32F3N3O5/c1-23(2,3)20-11-21(30(29(20)4)12-17-6-5-9-34-17)28-22(33)18-10-15(24(25,26)27)7-8-19(18)35-14-16(32)13-31/h7-8,10-11,16-17,31-32H,5-6,9,12-14H2,1-4H3/t16?,17-/m1/s1. The number of carbonyl (C=O) groups excluding carboxylic acids is 1. The first-order valence-electron chi connectivity index (χ1n) is 11.4. The second kappa shape index (κ2) is 10.5. The van der Waals surface area contributed by atoms with Crippen molar-refractivity contribution in [2.75, 3.05) is 19.8 Å². The molecule has 0 radical (unpaired) electrons. The first-order valence-corrected chi connectivity index (χ1v) is 11.4. The summed E-state index contributed by atoms with van der Waals surface area (Å²) < 4.78 is 54.8. The van der Waals surface area contributed by atoms with Gasteiger partial charge in [-0.3, -0.25) is 14.2 Å². The van der Waals surface area contributed by atoms with Crippen LogP contribution < -0.4 is 10.2 Å². The molecule has 1 aromatic carbocycles. The molecule has 1 saturated heterocycles. The van der Waals surface area contributed by atoms with Crippen molar-refractivity contribution in [1.29, 1.82) is 0 Å². The number of alkyl halides is 3. The number of halogens is 3. The number of aromatic nitrogens is 2. The van der Waals surface area contributed by atoms with Gasteiger partial charge in [-0.2, -0.15) is 18.2 Å². The van der Waals surface area contributed by atoms with E-state index in [1.807, 2.05) is 32.5 Å². The number of aliphatic hydroxyl groups is 2. The number of nitrogens with zero attached hydrogens (tertiary/aromatic N) is 3. The van der Waals surface area contributed by atoms with Crippen LogP contribution in [0.25, 0.3) is 0 Å². The van der Waals surface area contributed by atoms with E-state index >= 15 is 0 Å². The summed E-state index contributed by atoms with van der Waals surface area (Å²) in [6.45, 7) is 6.11. The number of rotatable bonds is 7. The van der Waals surface area contributed by atoms with Gasteiger partial charge in [0.25, 0.3) is 5.91 Å². The van der Waals surface area contributed by atoms with Gasteiger partial charge in [0.2, 0.25) is 0 Å². The number of ether oxygens (including phenoxy) is 2. The van der Waals surface area contributed by atoms with E-state index < -0.39 is 42.5 Å². The summed E-state index contributed by atoms with van der Waals surface area (Å²) in [6.07, 6.45) is -4.20. The number of benzene rings is 1. The highest BCUT2D eigenvalue weighted by atomic mass is 19.4. The minimum absolute atomic E-state index is 0.0575. The smallest absolute Gasteiger partial charge is 0.416 e. The van der Waals surface area contributed by atoms with Crippen LogP contribution >= 0.6 is 0 Å². The van der Waals surface area contributed by atoms with Crippen molar-refractivity contribution in [3.63, 3.8) is 0 Å². The maximum Gasteiger partial charge on any atom is 0.416 e. The molecule has 2 heterocycles. The Morgan fingerprint density at radius 3 is 2.57 bits per heavy atom. The average molecular weight is 500 g/mol. The lowest BCUT2D eigenvalue weighted by Crippen LogP contribution is -2.30. The zero-order valence-electron chi connectivity index (χ0n) is 20.3. The molecule has 2 atom stereocenters. The number of aliphatic hydroxyl groups excluding tert-OH is 2. The van der Waals surface area contributed by atoms with Gasteiger partial charge in [-0.1, -0.05) is 20.8 Å². The van der Waals surface area contributed by atoms with E-state index in [4.69, 9.17) is 14.6 Å². The van der Waals surface area contributed by atoms with Gasteiger partial charge in [0.05, 0.1) is 30.4 Å². The number of amides is 1. The molecule has 1 fully saturated rings. The van der Waals surface area contributed by atoms with Crippen LogP contribution in [0.1, 0.15) is 55.2 Å². The summed E-state index contributed by atoms with van der Waals surface area (Å²) in [5.41, 5.74) is -0.531. The van der Waals surface area contributed by atoms with Crippen molar-refractivity contribution >= 4 is 5.91 Å². The summed E-state index contributed by atoms with van der Waals surface area (Å²) in [6, 6.07) is 4.23. The first kappa shape index (κ1) is 27.0. The molecule has 0 spiro atoms. The van der Waals surface area contributed by atoms with Crippen molar-refractivity contribution in [3.05, 3.63) is 46.6 Å². The zero-order valence-corrected chi connectivity index (χ0v) is 20.3. The molecule has 0 aliphatic carbocycles. The highest BCUT2D eigenvalue weighted by Gasteiger charge is 2.32. The number of hydrogen-bond donors (Lipinski definition) is 2. The second-order valence-corrected chi connectivity index (χ2v) is 9.65. The van der Waals surface area contributed by atoms with Gasteiger partial charge in [-0.25, -0.2) is 0 Å². The summed E-state index contributed by atoms with van der Waals surface area (Å²) >= 11 is 0. The summed E-state index contributed by atoms with van der Waals surface area (Å²) in [5, 5.41) is 18.6. The van der Waals surface area contributed by atoms with E-state index in [0.717, 1.165) is 30.7 Å². The van der Waals surface area contributed by atoms with Crippen LogP contribution in [0.3, 0.4) is 0 Å². The largest absolute Gasteiger partial charge is 0.490 e. The molecule has 3 rings (SSSR count). The Bertz CT molecular complexity index is 1110. The zero-order chi connectivity index (χ0) is 26.0. The second-order valence-electron chi connectivity index (χ2n) is 9.65. The molecule has 2 aromatic rings. The topological polar surface area (TPSA) is 98.2 Å². The van der Waals surface area contributed by atoms with Crippen LogP contribution in [0.5, 0.6) is 5.75 Å². The first-order chi connectivity index (χ1) is 16.3. The quantitative estimate of drug-likeness (QED) is 0.611. The summed E-state index contributed by atoms with van der Waals surface area (Å²) in [7, 11) is 1.84. The van der Waals surface area contributed by atoms with Crippen LogP contribution in [-0.4, -0.2) is 57.5 Å². The lowest BCUT2D eigenvalue weighted by Gasteiger charge is -2.21. The Kier molecular flexibility index (Phi) is 8.13. The SMILES string of the molecule is Cn1c(C(C)(C)C)cc(=NC(=O)c2cc(C(F)(F)F)ccc2OCC(O)CO)n1C[C@H]1CCCO1. The lowest BCUT2D eigenvalue weighted by molar-refractivity contribution is -0.137. The van der Waals surface area contributed by atoms with Crippen molar-refractivity contribution in [2.45, 2.75) is 64.0 Å². The maximum atomic E-state index is 13.4. The molecular weight excluding hydrogens is 467 g/mol. The van der Waals surface area contributed by atoms with Crippen LogP contribution in [0.2, 0.25) is 0 Å². The number of hydrogen-bond acceptors (Lipinski definition) is 5.